The predicted octanol–water partition coefficient (Wildman–Crippen LogP) is -3.37. The summed E-state index contributed by atoms with van der Waals surface area (Å²) in [6, 6.07) is -1.32. The van der Waals surface area contributed by atoms with Crippen LogP contribution in [-0.2, 0) is 33.6 Å². The van der Waals surface area contributed by atoms with E-state index >= 15 is 0 Å². The van der Waals surface area contributed by atoms with E-state index in [0.29, 0.717) is 0 Å². The van der Waals surface area contributed by atoms with Crippen LogP contribution >= 0.6 is 0 Å². The van der Waals surface area contributed by atoms with E-state index in [-0.39, 0.29) is 29.8 Å². The number of carbonyl (C=O) groups is 3. The zero-order valence-corrected chi connectivity index (χ0v) is 20.2. The maximum absolute atomic E-state index is 12.0. The molecule has 2 amide bonds. The lowest BCUT2D eigenvalue weighted by atomic mass is 10.1. The minimum absolute atomic E-state index is 0.0949. The fourth-order valence-corrected chi connectivity index (χ4v) is 3.74. The first-order chi connectivity index (χ1) is 17.9. The number of imidazole rings is 1. The number of amides is 2. The average molecular weight is 588 g/mol. The topological polar surface area (TPSA) is 298 Å². The summed E-state index contributed by atoms with van der Waals surface area (Å²) in [5.74, 6) is -4.48. The Bertz CT molecular complexity index is 1310. The molecule has 0 saturated carbocycles. The first-order valence-electron chi connectivity index (χ1n) is 10.4. The number of aromatic nitrogens is 4. The number of fused-ring (bicyclic) bond motifs is 1. The van der Waals surface area contributed by atoms with Crippen molar-refractivity contribution >= 4 is 45.1 Å². The Hall–Kier alpha value is -3.70. The van der Waals surface area contributed by atoms with Crippen LogP contribution in [0.25, 0.3) is 11.2 Å². The molecule has 1 saturated heterocycles. The number of anilines is 1. The van der Waals surface area contributed by atoms with Crippen molar-refractivity contribution in [2.24, 2.45) is 11.5 Å². The van der Waals surface area contributed by atoms with Gasteiger partial charge in [-0.1, -0.05) is 0 Å². The summed E-state index contributed by atoms with van der Waals surface area (Å²) in [4.78, 5) is 43.3. The lowest BCUT2D eigenvalue weighted by Crippen LogP contribution is -2.45. The SMILES string of the molecule is NC(=O)CCC(N)C(=O)NS(=O)(=O)OCC1OC(n2cnc3c(N)ncnc32)C(O)C1O.O=C(O)C(F)(F)F. The summed E-state index contributed by atoms with van der Waals surface area (Å²) in [5, 5.41) is 27.7. The molecule has 218 valence electrons. The number of carboxylic acid groups (broad SMARTS) is 1. The second-order valence-corrected chi connectivity index (χ2v) is 9.10. The van der Waals surface area contributed by atoms with Crippen LogP contribution < -0.4 is 21.9 Å². The molecule has 3 heterocycles. The van der Waals surface area contributed by atoms with E-state index < -0.39 is 71.5 Å². The van der Waals surface area contributed by atoms with Crippen LogP contribution in [0.3, 0.4) is 0 Å². The number of aliphatic carboxylic acids is 1. The molecule has 0 radical (unpaired) electrons. The van der Waals surface area contributed by atoms with E-state index in [4.69, 9.17) is 31.8 Å². The van der Waals surface area contributed by atoms with Gasteiger partial charge in [-0.2, -0.15) is 21.6 Å². The third kappa shape index (κ3) is 8.39. The number of nitrogens with two attached hydrogens (primary N) is 3. The van der Waals surface area contributed by atoms with E-state index in [1.54, 1.807) is 4.72 Å². The van der Waals surface area contributed by atoms with Gasteiger partial charge in [-0.05, 0) is 6.42 Å². The fraction of sp³-hybridized carbons (Fsp3) is 0.529. The van der Waals surface area contributed by atoms with Gasteiger partial charge in [0.2, 0.25) is 5.91 Å². The Morgan fingerprint density at radius 3 is 2.38 bits per heavy atom. The standard InChI is InChI=1S/C15H22N8O8S.C2HF3O2/c16-6(1-2-8(17)24)14(27)22-32(28,29)30-3-7-10(25)11(26)15(31-7)23-5-21-9-12(18)19-4-20-13(9)23;3-2(4,5)1(6)7/h4-7,10-11,15,25-26H,1-3,16H2,(H2,17,24)(H,22,27)(H2,18,19,20);(H,6,7). The number of carboxylic acids is 1. The van der Waals surface area contributed by atoms with E-state index in [2.05, 4.69) is 19.1 Å². The molecule has 2 aromatic rings. The highest BCUT2D eigenvalue weighted by molar-refractivity contribution is 7.85. The molecule has 3 rings (SSSR count). The number of nitrogen functional groups attached to an aromatic ring is 1. The second kappa shape index (κ2) is 12.4. The Kier molecular flexibility index (Phi) is 10.1. The van der Waals surface area contributed by atoms with Gasteiger partial charge in [0.15, 0.2) is 17.7 Å². The smallest absolute Gasteiger partial charge is 0.475 e. The molecular formula is C17H23F3N8O10S. The molecule has 5 atom stereocenters. The van der Waals surface area contributed by atoms with Crippen molar-refractivity contribution in [3.05, 3.63) is 12.7 Å². The number of hydrogen-bond acceptors (Lipinski definition) is 14. The summed E-state index contributed by atoms with van der Waals surface area (Å²) < 4.78 is 68.8. The van der Waals surface area contributed by atoms with E-state index in [1.807, 2.05) is 0 Å². The Morgan fingerprint density at radius 2 is 1.82 bits per heavy atom. The van der Waals surface area contributed by atoms with Crippen LogP contribution in [0.4, 0.5) is 19.0 Å². The van der Waals surface area contributed by atoms with Crippen molar-refractivity contribution in [2.75, 3.05) is 12.3 Å². The number of carbonyl (C=O) groups excluding carboxylic acids is 2. The van der Waals surface area contributed by atoms with Gasteiger partial charge >= 0.3 is 22.4 Å². The second-order valence-electron chi connectivity index (χ2n) is 7.75. The van der Waals surface area contributed by atoms with Crippen molar-refractivity contribution in [1.82, 2.24) is 24.2 Å². The van der Waals surface area contributed by atoms with Gasteiger partial charge in [0, 0.05) is 6.42 Å². The van der Waals surface area contributed by atoms with Crippen LogP contribution in [-0.4, -0.2) is 98.2 Å². The van der Waals surface area contributed by atoms with Crippen molar-refractivity contribution in [3.63, 3.8) is 0 Å². The minimum Gasteiger partial charge on any atom is -0.475 e. The van der Waals surface area contributed by atoms with Gasteiger partial charge in [0.05, 0.1) is 19.0 Å². The van der Waals surface area contributed by atoms with Crippen LogP contribution in [0, 0.1) is 0 Å². The zero-order valence-electron chi connectivity index (χ0n) is 19.4. The molecule has 10 N–H and O–H groups in total. The highest BCUT2D eigenvalue weighted by atomic mass is 32.2. The van der Waals surface area contributed by atoms with E-state index in [0.717, 1.165) is 0 Å². The van der Waals surface area contributed by atoms with Crippen LogP contribution in [0.1, 0.15) is 19.1 Å². The largest absolute Gasteiger partial charge is 0.490 e. The molecule has 0 aromatic carbocycles. The number of alkyl halides is 3. The maximum Gasteiger partial charge on any atom is 0.490 e. The number of primary amides is 1. The minimum atomic E-state index is -5.08. The van der Waals surface area contributed by atoms with Crippen LogP contribution in [0.5, 0.6) is 0 Å². The van der Waals surface area contributed by atoms with E-state index in [1.165, 1.54) is 17.2 Å². The molecule has 2 aromatic heterocycles. The monoisotopic (exact) mass is 588 g/mol. The summed E-state index contributed by atoms with van der Waals surface area (Å²) >= 11 is 0. The van der Waals surface area contributed by atoms with Crippen LogP contribution in [0.15, 0.2) is 12.7 Å². The van der Waals surface area contributed by atoms with Gasteiger partial charge in [0.1, 0.15) is 30.2 Å². The van der Waals surface area contributed by atoms with Crippen LogP contribution in [0.2, 0.25) is 0 Å². The highest BCUT2D eigenvalue weighted by Gasteiger charge is 2.45. The number of halogens is 3. The molecule has 0 spiro atoms. The first-order valence-corrected chi connectivity index (χ1v) is 11.8. The number of ether oxygens (including phenoxy) is 1. The maximum atomic E-state index is 12.0. The third-order valence-corrected chi connectivity index (χ3v) is 5.79. The molecule has 1 aliphatic heterocycles. The highest BCUT2D eigenvalue weighted by Crippen LogP contribution is 2.32. The molecule has 18 nitrogen and oxygen atoms in total. The van der Waals surface area contributed by atoms with Gasteiger partial charge in [-0.15, -0.1) is 0 Å². The summed E-state index contributed by atoms with van der Waals surface area (Å²) in [7, 11) is -4.63. The predicted molar refractivity (Wildman–Crippen MR) is 119 cm³/mol. The normalized spacial score (nSPS) is 22.1. The average Bonchev–Trinajstić information content (AvgIpc) is 3.37. The number of aliphatic hydroxyl groups excluding tert-OH is 2. The van der Waals surface area contributed by atoms with Gasteiger partial charge in [-0.3, -0.25) is 18.3 Å². The molecular weight excluding hydrogens is 565 g/mol. The number of nitrogens with zero attached hydrogens (tertiary/aromatic N) is 4. The quantitative estimate of drug-likeness (QED) is 0.150. The fourth-order valence-electron chi connectivity index (χ4n) is 2.97. The number of nitrogens with one attached hydrogen (secondary N) is 1. The van der Waals surface area contributed by atoms with E-state index in [9.17, 15) is 41.4 Å². The number of aliphatic hydroxyl groups is 2. The van der Waals surface area contributed by atoms with Crippen molar-refractivity contribution in [2.45, 2.75) is 49.6 Å². The summed E-state index contributed by atoms with van der Waals surface area (Å²) in [6.45, 7) is -0.738. The molecule has 0 bridgehead atoms. The van der Waals surface area contributed by atoms with Crippen molar-refractivity contribution in [3.8, 4) is 0 Å². The lowest BCUT2D eigenvalue weighted by Gasteiger charge is -2.16. The number of hydrogen-bond donors (Lipinski definition) is 7. The molecule has 5 unspecified atom stereocenters. The Morgan fingerprint density at radius 1 is 1.21 bits per heavy atom. The molecule has 39 heavy (non-hydrogen) atoms. The molecule has 22 heteroatoms. The van der Waals surface area contributed by atoms with Gasteiger partial charge in [0.25, 0.3) is 5.91 Å². The van der Waals surface area contributed by atoms with Crippen molar-refractivity contribution < 1.29 is 60.2 Å². The third-order valence-electron chi connectivity index (χ3n) is 4.89. The number of rotatable bonds is 9. The van der Waals surface area contributed by atoms with Gasteiger partial charge in [-0.25, -0.2) is 24.5 Å². The lowest BCUT2D eigenvalue weighted by molar-refractivity contribution is -0.192. The Balaban J connectivity index is 0.000000673. The Labute approximate surface area is 216 Å². The summed E-state index contributed by atoms with van der Waals surface area (Å²) in [5.41, 5.74) is 16.6. The molecule has 1 aliphatic rings. The van der Waals surface area contributed by atoms with Gasteiger partial charge < -0.3 is 37.3 Å². The molecule has 1 fully saturated rings. The summed E-state index contributed by atoms with van der Waals surface area (Å²) in [6.07, 6.45) is -8.52. The van der Waals surface area contributed by atoms with Crippen molar-refractivity contribution in [1.29, 1.82) is 0 Å². The first kappa shape index (κ1) is 31.5. The zero-order chi connectivity index (χ0) is 29.7. The molecule has 0 aliphatic carbocycles.